The number of benzene rings is 2. The van der Waals surface area contributed by atoms with Crippen LogP contribution in [0.1, 0.15) is 36.4 Å². The molecule has 1 aromatic heterocycles. The number of aliphatic hydroxyl groups excluding tert-OH is 1. The molecule has 42 heavy (non-hydrogen) atoms. The Morgan fingerprint density at radius 3 is 2.60 bits per heavy atom. The van der Waals surface area contributed by atoms with E-state index in [2.05, 4.69) is 27.6 Å². The van der Waals surface area contributed by atoms with Crippen molar-refractivity contribution in [2.24, 2.45) is 5.92 Å². The molecule has 2 heterocycles. The SMILES string of the molecule is COc1ccc(CN(C)C[C@@H]2Oc3ccc(NC(=O)Nc4c(C)noc4C)cc3CC(=O)N([C@H](C)CO)C[C@@H]2C)cc1. The van der Waals surface area contributed by atoms with E-state index < -0.39 is 6.03 Å². The number of nitrogens with zero attached hydrogens (tertiary/aromatic N) is 3. The summed E-state index contributed by atoms with van der Waals surface area (Å²) in [7, 11) is 3.69. The van der Waals surface area contributed by atoms with Crippen LogP contribution in [0.5, 0.6) is 11.5 Å². The molecule has 3 aromatic rings. The predicted molar refractivity (Wildman–Crippen MR) is 160 cm³/mol. The lowest BCUT2D eigenvalue weighted by Crippen LogP contribution is -2.47. The van der Waals surface area contributed by atoms with E-state index in [4.69, 9.17) is 14.0 Å². The number of carbonyl (C=O) groups excluding carboxylic acids is 2. The highest BCUT2D eigenvalue weighted by atomic mass is 16.5. The van der Waals surface area contributed by atoms with Crippen LogP contribution >= 0.6 is 0 Å². The van der Waals surface area contributed by atoms with Gasteiger partial charge in [-0.3, -0.25) is 9.69 Å². The molecule has 11 nitrogen and oxygen atoms in total. The summed E-state index contributed by atoms with van der Waals surface area (Å²) < 4.78 is 17.0. The first kappa shape index (κ1) is 30.9. The molecule has 1 aliphatic rings. The van der Waals surface area contributed by atoms with Crippen LogP contribution in [-0.4, -0.2) is 78.0 Å². The van der Waals surface area contributed by atoms with Gasteiger partial charge >= 0.3 is 6.03 Å². The highest BCUT2D eigenvalue weighted by molar-refractivity contribution is 6.00. The van der Waals surface area contributed by atoms with E-state index in [9.17, 15) is 14.7 Å². The highest BCUT2D eigenvalue weighted by Gasteiger charge is 2.31. The van der Waals surface area contributed by atoms with Crippen molar-refractivity contribution in [3.05, 3.63) is 65.0 Å². The molecule has 2 aromatic carbocycles. The van der Waals surface area contributed by atoms with Crippen molar-refractivity contribution < 1.29 is 28.7 Å². The molecule has 0 bridgehead atoms. The van der Waals surface area contributed by atoms with E-state index in [1.165, 1.54) is 0 Å². The molecule has 0 saturated heterocycles. The summed E-state index contributed by atoms with van der Waals surface area (Å²) >= 11 is 0. The van der Waals surface area contributed by atoms with E-state index >= 15 is 0 Å². The van der Waals surface area contributed by atoms with Crippen molar-refractivity contribution in [2.75, 3.05) is 44.5 Å². The standard InChI is InChI=1S/C31H41N5O6/c1-19-15-36(20(2)18-37)29(38)14-24-13-25(32-31(39)33-30-21(3)34-42-22(30)4)9-12-27(24)41-28(19)17-35(5)16-23-7-10-26(40-6)11-8-23/h7-13,19-20,28,37H,14-18H2,1-6H3,(H2,32,33,39)/t19-,20+,28-/m0/s1. The Morgan fingerprint density at radius 1 is 1.21 bits per heavy atom. The third kappa shape index (κ3) is 7.59. The number of carbonyl (C=O) groups is 2. The van der Waals surface area contributed by atoms with Crippen molar-refractivity contribution in [3.8, 4) is 11.5 Å². The smallest absolute Gasteiger partial charge is 0.323 e. The lowest BCUT2D eigenvalue weighted by atomic mass is 10.0. The first-order valence-electron chi connectivity index (χ1n) is 14.1. The molecule has 4 rings (SSSR count). The summed E-state index contributed by atoms with van der Waals surface area (Å²) in [4.78, 5) is 30.1. The number of hydrogen-bond acceptors (Lipinski definition) is 8. The lowest BCUT2D eigenvalue weighted by Gasteiger charge is -2.34. The second-order valence-electron chi connectivity index (χ2n) is 11.0. The van der Waals surface area contributed by atoms with Gasteiger partial charge in [-0.25, -0.2) is 4.79 Å². The van der Waals surface area contributed by atoms with Crippen molar-refractivity contribution >= 4 is 23.3 Å². The van der Waals surface area contributed by atoms with Gasteiger partial charge in [0, 0.05) is 36.8 Å². The number of aromatic nitrogens is 1. The zero-order valence-corrected chi connectivity index (χ0v) is 25.1. The third-order valence-electron chi connectivity index (χ3n) is 7.55. The van der Waals surface area contributed by atoms with Crippen LogP contribution in [0, 0.1) is 19.8 Å². The van der Waals surface area contributed by atoms with E-state index in [1.807, 2.05) is 38.2 Å². The number of hydrogen-bond donors (Lipinski definition) is 3. The molecule has 0 saturated carbocycles. The van der Waals surface area contributed by atoms with Gasteiger partial charge in [0.2, 0.25) is 5.91 Å². The van der Waals surface area contributed by atoms with E-state index in [0.717, 1.165) is 11.3 Å². The Bertz CT molecular complexity index is 1360. The normalized spacial score (nSPS) is 17.9. The number of aryl methyl sites for hydroxylation is 2. The summed E-state index contributed by atoms with van der Waals surface area (Å²) in [5.41, 5.74) is 3.40. The van der Waals surface area contributed by atoms with Gasteiger partial charge in [0.05, 0.1) is 26.2 Å². The minimum Gasteiger partial charge on any atom is -0.497 e. The Morgan fingerprint density at radius 2 is 1.95 bits per heavy atom. The van der Waals surface area contributed by atoms with Crippen molar-refractivity contribution in [1.82, 2.24) is 15.0 Å². The fraction of sp³-hybridized carbons (Fsp3) is 0.452. The van der Waals surface area contributed by atoms with Crippen molar-refractivity contribution in [1.29, 1.82) is 0 Å². The number of methoxy groups -OCH3 is 1. The Kier molecular flexibility index (Phi) is 10.1. The van der Waals surface area contributed by atoms with Crippen LogP contribution in [0.2, 0.25) is 0 Å². The number of ether oxygens (including phenoxy) is 2. The summed E-state index contributed by atoms with van der Waals surface area (Å²) in [6.45, 7) is 9.00. The quantitative estimate of drug-likeness (QED) is 0.344. The van der Waals surface area contributed by atoms with Gasteiger partial charge in [-0.15, -0.1) is 0 Å². The predicted octanol–water partition coefficient (Wildman–Crippen LogP) is 4.23. The molecular weight excluding hydrogens is 538 g/mol. The molecule has 3 amide bonds. The molecule has 226 valence electrons. The Balaban J connectivity index is 1.56. The zero-order chi connectivity index (χ0) is 30.4. The molecule has 0 spiro atoms. The molecule has 0 fully saturated rings. The number of rotatable bonds is 9. The molecule has 11 heteroatoms. The second-order valence-corrected chi connectivity index (χ2v) is 11.0. The summed E-state index contributed by atoms with van der Waals surface area (Å²) in [6, 6.07) is 12.5. The topological polar surface area (TPSA) is 129 Å². The van der Waals surface area contributed by atoms with Gasteiger partial charge in [-0.05, 0) is 63.7 Å². The lowest BCUT2D eigenvalue weighted by molar-refractivity contribution is -0.134. The number of anilines is 2. The zero-order valence-electron chi connectivity index (χ0n) is 25.1. The van der Waals surface area contributed by atoms with Crippen LogP contribution in [0.25, 0.3) is 0 Å². The third-order valence-corrected chi connectivity index (χ3v) is 7.55. The van der Waals surface area contributed by atoms with Gasteiger partial charge < -0.3 is 34.6 Å². The summed E-state index contributed by atoms with van der Waals surface area (Å²) in [5, 5.41) is 19.4. The van der Waals surface area contributed by atoms with Gasteiger partial charge in [-0.2, -0.15) is 0 Å². The average molecular weight is 580 g/mol. The molecule has 0 unspecified atom stereocenters. The molecule has 0 radical (unpaired) electrons. The maximum absolute atomic E-state index is 13.5. The van der Waals surface area contributed by atoms with E-state index in [0.29, 0.717) is 53.8 Å². The molecule has 3 atom stereocenters. The minimum atomic E-state index is -0.457. The van der Waals surface area contributed by atoms with Crippen molar-refractivity contribution in [2.45, 2.75) is 52.8 Å². The fourth-order valence-corrected chi connectivity index (χ4v) is 5.08. The van der Waals surface area contributed by atoms with Gasteiger partial charge in [0.1, 0.15) is 29.0 Å². The van der Waals surface area contributed by atoms with Crippen molar-refractivity contribution in [3.63, 3.8) is 0 Å². The van der Waals surface area contributed by atoms with Crippen LogP contribution in [-0.2, 0) is 17.8 Å². The van der Waals surface area contributed by atoms with E-state index in [-0.39, 0.29) is 37.0 Å². The molecule has 0 aliphatic carbocycles. The highest BCUT2D eigenvalue weighted by Crippen LogP contribution is 2.30. The van der Waals surface area contributed by atoms with Crippen LogP contribution in [0.15, 0.2) is 47.0 Å². The molecule has 1 aliphatic heterocycles. The van der Waals surface area contributed by atoms with Crippen LogP contribution in [0.3, 0.4) is 0 Å². The number of nitrogens with one attached hydrogen (secondary N) is 2. The maximum atomic E-state index is 13.5. The summed E-state index contributed by atoms with van der Waals surface area (Å²) in [5.74, 6) is 1.77. The number of amides is 3. The molecular formula is C31H41N5O6. The first-order chi connectivity index (χ1) is 20.1. The van der Waals surface area contributed by atoms with Gasteiger partial charge in [0.15, 0.2) is 5.76 Å². The second kappa shape index (κ2) is 13.7. The number of likely N-dealkylation sites (N-methyl/N-ethyl adjacent to an activating group) is 1. The minimum absolute atomic E-state index is 0.0224. The number of urea groups is 1. The summed E-state index contributed by atoms with van der Waals surface area (Å²) in [6.07, 6.45) is -0.171. The Labute approximate surface area is 246 Å². The number of fused-ring (bicyclic) bond motifs is 1. The number of aliphatic hydroxyl groups is 1. The van der Waals surface area contributed by atoms with Gasteiger partial charge in [-0.1, -0.05) is 24.2 Å². The average Bonchev–Trinajstić information content (AvgIpc) is 3.29. The largest absolute Gasteiger partial charge is 0.497 e. The van der Waals surface area contributed by atoms with Crippen LogP contribution in [0.4, 0.5) is 16.2 Å². The van der Waals surface area contributed by atoms with Crippen LogP contribution < -0.4 is 20.1 Å². The van der Waals surface area contributed by atoms with E-state index in [1.54, 1.807) is 44.1 Å². The Hall–Kier alpha value is -4.09. The maximum Gasteiger partial charge on any atom is 0.323 e. The first-order valence-corrected chi connectivity index (χ1v) is 14.1. The van der Waals surface area contributed by atoms with Gasteiger partial charge in [0.25, 0.3) is 0 Å². The monoisotopic (exact) mass is 579 g/mol. The fourth-order valence-electron chi connectivity index (χ4n) is 5.08. The molecule has 3 N–H and O–H groups in total.